The Bertz CT molecular complexity index is 763. The number of nitrogens with zero attached hydrogens (tertiary/aromatic N) is 2. The molecule has 2 heterocycles. The zero-order valence-electron chi connectivity index (χ0n) is 14.7. The number of benzene rings is 1. The summed E-state index contributed by atoms with van der Waals surface area (Å²) >= 11 is 0. The van der Waals surface area contributed by atoms with E-state index in [1.165, 1.54) is 0 Å². The largest absolute Gasteiger partial charge is 0.497 e. The highest BCUT2D eigenvalue weighted by Gasteiger charge is 2.25. The predicted molar refractivity (Wildman–Crippen MR) is 94.3 cm³/mol. The molecule has 1 aromatic carbocycles. The Hall–Kier alpha value is -2.57. The minimum Gasteiger partial charge on any atom is -0.497 e. The summed E-state index contributed by atoms with van der Waals surface area (Å²) in [4.78, 5) is 33.2. The Labute approximate surface area is 146 Å². The third kappa shape index (κ3) is 4.10. The maximum atomic E-state index is 12.3. The summed E-state index contributed by atoms with van der Waals surface area (Å²) in [5.41, 5.74) is 1.82. The normalized spacial score (nSPS) is 15.4. The monoisotopic (exact) mass is 344 g/mol. The summed E-state index contributed by atoms with van der Waals surface area (Å²) in [6.45, 7) is 3.45. The van der Waals surface area contributed by atoms with Crippen molar-refractivity contribution in [2.24, 2.45) is 5.92 Å². The average molecular weight is 344 g/mol. The number of fused-ring (bicyclic) bond motifs is 1. The van der Waals surface area contributed by atoms with E-state index in [1.54, 1.807) is 18.9 Å². The number of hydrogen-bond donors (Lipinski definition) is 2. The highest BCUT2D eigenvalue weighted by Crippen LogP contribution is 2.19. The highest BCUT2D eigenvalue weighted by atomic mass is 16.5. The maximum Gasteiger partial charge on any atom is 0.223 e. The van der Waals surface area contributed by atoms with Crippen LogP contribution in [0, 0.1) is 5.92 Å². The molecule has 0 unspecified atom stereocenters. The van der Waals surface area contributed by atoms with Gasteiger partial charge in [0.2, 0.25) is 11.8 Å². The second kappa shape index (κ2) is 7.55. The van der Waals surface area contributed by atoms with E-state index in [1.807, 2.05) is 18.2 Å². The Kier molecular flexibility index (Phi) is 5.21. The van der Waals surface area contributed by atoms with E-state index in [0.717, 1.165) is 35.4 Å². The Morgan fingerprint density at radius 1 is 1.36 bits per heavy atom. The van der Waals surface area contributed by atoms with Gasteiger partial charge < -0.3 is 19.9 Å². The zero-order valence-corrected chi connectivity index (χ0v) is 14.7. The Morgan fingerprint density at radius 3 is 2.80 bits per heavy atom. The van der Waals surface area contributed by atoms with Crippen molar-refractivity contribution in [3.63, 3.8) is 0 Å². The van der Waals surface area contributed by atoms with Crippen molar-refractivity contribution in [3.8, 4) is 5.75 Å². The molecular weight excluding hydrogens is 320 g/mol. The molecule has 2 N–H and O–H groups in total. The van der Waals surface area contributed by atoms with E-state index >= 15 is 0 Å². The molecule has 134 valence electrons. The number of imidazole rings is 1. The van der Waals surface area contributed by atoms with Crippen LogP contribution in [0.1, 0.15) is 25.6 Å². The lowest BCUT2D eigenvalue weighted by Crippen LogP contribution is -2.42. The van der Waals surface area contributed by atoms with E-state index < -0.39 is 0 Å². The van der Waals surface area contributed by atoms with Gasteiger partial charge >= 0.3 is 0 Å². The zero-order chi connectivity index (χ0) is 17.8. The molecule has 0 spiro atoms. The fourth-order valence-electron chi connectivity index (χ4n) is 3.19. The number of piperidine rings is 1. The van der Waals surface area contributed by atoms with Crippen LogP contribution >= 0.6 is 0 Å². The molecule has 0 aliphatic carbocycles. The van der Waals surface area contributed by atoms with Crippen LogP contribution in [0.15, 0.2) is 18.2 Å². The Balaban J connectivity index is 1.48. The first-order valence-electron chi connectivity index (χ1n) is 8.62. The van der Waals surface area contributed by atoms with Gasteiger partial charge in [0.1, 0.15) is 11.6 Å². The number of ether oxygens (including phenoxy) is 1. The van der Waals surface area contributed by atoms with Crippen molar-refractivity contribution >= 4 is 22.8 Å². The molecule has 0 radical (unpaired) electrons. The quantitative estimate of drug-likeness (QED) is 0.860. The number of carbonyl (C=O) groups is 2. The first-order valence-corrected chi connectivity index (χ1v) is 8.62. The number of rotatable bonds is 5. The van der Waals surface area contributed by atoms with Crippen LogP contribution in [-0.4, -0.2) is 53.4 Å². The molecule has 2 amide bonds. The van der Waals surface area contributed by atoms with Crippen LogP contribution in [0.2, 0.25) is 0 Å². The van der Waals surface area contributed by atoms with Crippen LogP contribution in [0.4, 0.5) is 0 Å². The molecule has 1 aliphatic rings. The molecule has 25 heavy (non-hydrogen) atoms. The van der Waals surface area contributed by atoms with Gasteiger partial charge in [-0.1, -0.05) is 0 Å². The van der Waals surface area contributed by atoms with Crippen molar-refractivity contribution in [1.82, 2.24) is 20.2 Å². The van der Waals surface area contributed by atoms with Gasteiger partial charge in [-0.3, -0.25) is 9.59 Å². The summed E-state index contributed by atoms with van der Waals surface area (Å²) in [6, 6.07) is 5.70. The Morgan fingerprint density at radius 2 is 2.12 bits per heavy atom. The summed E-state index contributed by atoms with van der Waals surface area (Å²) in [5, 5.41) is 2.98. The van der Waals surface area contributed by atoms with Gasteiger partial charge in [-0.15, -0.1) is 0 Å². The fourth-order valence-corrected chi connectivity index (χ4v) is 3.19. The minimum absolute atomic E-state index is 0.00413. The van der Waals surface area contributed by atoms with Gasteiger partial charge in [-0.2, -0.15) is 0 Å². The first kappa shape index (κ1) is 17.3. The summed E-state index contributed by atoms with van der Waals surface area (Å²) in [6.07, 6.45) is 2.11. The molecule has 1 aliphatic heterocycles. The van der Waals surface area contributed by atoms with Gasteiger partial charge in [-0.25, -0.2) is 4.98 Å². The molecule has 7 heteroatoms. The minimum atomic E-state index is -0.00413. The SMILES string of the molecule is COc1ccc2nc(CCNC(=O)C3CCN(C(C)=O)CC3)[nH]c2c1. The van der Waals surface area contributed by atoms with E-state index in [0.29, 0.717) is 26.1 Å². The summed E-state index contributed by atoms with van der Waals surface area (Å²) in [5.74, 6) is 1.78. The van der Waals surface area contributed by atoms with Crippen LogP contribution in [0.25, 0.3) is 11.0 Å². The van der Waals surface area contributed by atoms with Crippen molar-refractivity contribution in [2.45, 2.75) is 26.2 Å². The van der Waals surface area contributed by atoms with Crippen molar-refractivity contribution in [1.29, 1.82) is 0 Å². The molecule has 7 nitrogen and oxygen atoms in total. The molecule has 2 aromatic rings. The maximum absolute atomic E-state index is 12.3. The molecule has 0 bridgehead atoms. The molecule has 3 rings (SSSR count). The van der Waals surface area contributed by atoms with Crippen LogP contribution < -0.4 is 10.1 Å². The number of carbonyl (C=O) groups excluding carboxylic acids is 2. The van der Waals surface area contributed by atoms with Crippen LogP contribution in [0.3, 0.4) is 0 Å². The van der Waals surface area contributed by atoms with Crippen molar-refractivity contribution in [3.05, 3.63) is 24.0 Å². The number of hydrogen-bond acceptors (Lipinski definition) is 4. The molecule has 1 saturated heterocycles. The van der Waals surface area contributed by atoms with Crippen molar-refractivity contribution in [2.75, 3.05) is 26.7 Å². The topological polar surface area (TPSA) is 87.3 Å². The third-order valence-electron chi connectivity index (χ3n) is 4.71. The second-order valence-electron chi connectivity index (χ2n) is 6.39. The van der Waals surface area contributed by atoms with Gasteiger partial charge in [0.25, 0.3) is 0 Å². The lowest BCUT2D eigenvalue weighted by atomic mass is 9.96. The number of methoxy groups -OCH3 is 1. The van der Waals surface area contributed by atoms with E-state index in [2.05, 4.69) is 15.3 Å². The van der Waals surface area contributed by atoms with Gasteiger partial charge in [0, 0.05) is 45.0 Å². The van der Waals surface area contributed by atoms with Gasteiger partial charge in [0.05, 0.1) is 18.1 Å². The first-order chi connectivity index (χ1) is 12.1. The molecule has 1 fully saturated rings. The summed E-state index contributed by atoms with van der Waals surface area (Å²) < 4.78 is 5.20. The second-order valence-corrected chi connectivity index (χ2v) is 6.39. The molecule has 0 saturated carbocycles. The summed E-state index contributed by atoms with van der Waals surface area (Å²) in [7, 11) is 1.63. The number of aromatic nitrogens is 2. The standard InChI is InChI=1S/C18H24N4O3/c1-12(23)22-9-6-13(7-10-22)18(24)19-8-5-17-20-15-4-3-14(25-2)11-16(15)21-17/h3-4,11,13H,5-10H2,1-2H3,(H,19,24)(H,20,21). The fraction of sp³-hybridized carbons (Fsp3) is 0.500. The molecule has 1 aromatic heterocycles. The molecule has 0 atom stereocenters. The average Bonchev–Trinajstić information content (AvgIpc) is 3.03. The molecular formula is C18H24N4O3. The van der Waals surface area contributed by atoms with Crippen LogP contribution in [-0.2, 0) is 16.0 Å². The van der Waals surface area contributed by atoms with Gasteiger partial charge in [-0.05, 0) is 25.0 Å². The van der Waals surface area contributed by atoms with E-state index in [4.69, 9.17) is 4.74 Å². The number of likely N-dealkylation sites (tertiary alicyclic amines) is 1. The highest BCUT2D eigenvalue weighted by molar-refractivity contribution is 5.79. The lowest BCUT2D eigenvalue weighted by Gasteiger charge is -2.30. The smallest absolute Gasteiger partial charge is 0.223 e. The van der Waals surface area contributed by atoms with Gasteiger partial charge in [0.15, 0.2) is 0 Å². The number of nitrogens with one attached hydrogen (secondary N) is 2. The number of amides is 2. The van der Waals surface area contributed by atoms with E-state index in [-0.39, 0.29) is 17.7 Å². The van der Waals surface area contributed by atoms with E-state index in [9.17, 15) is 9.59 Å². The lowest BCUT2D eigenvalue weighted by molar-refractivity contribution is -0.133. The predicted octanol–water partition coefficient (Wildman–Crippen LogP) is 1.49. The number of H-pyrrole nitrogens is 1. The number of aromatic amines is 1. The van der Waals surface area contributed by atoms with Crippen molar-refractivity contribution < 1.29 is 14.3 Å². The van der Waals surface area contributed by atoms with Crippen LogP contribution in [0.5, 0.6) is 5.75 Å². The third-order valence-corrected chi connectivity index (χ3v) is 4.71.